The zero-order valence-corrected chi connectivity index (χ0v) is 15.2. The van der Waals surface area contributed by atoms with Gasteiger partial charge in [0.05, 0.1) is 18.2 Å². The first-order chi connectivity index (χ1) is 12.3. The topological polar surface area (TPSA) is 59.4 Å². The van der Waals surface area contributed by atoms with E-state index in [0.717, 1.165) is 45.9 Å². The van der Waals surface area contributed by atoms with Crippen LogP contribution in [0.3, 0.4) is 0 Å². The molecule has 0 spiro atoms. The Hall–Kier alpha value is -2.47. The number of rotatable bonds is 4. The van der Waals surface area contributed by atoms with Crippen LogP contribution in [0.15, 0.2) is 35.7 Å². The van der Waals surface area contributed by atoms with Gasteiger partial charge >= 0.3 is 0 Å². The third-order valence-electron chi connectivity index (χ3n) is 4.59. The van der Waals surface area contributed by atoms with Gasteiger partial charge in [-0.2, -0.15) is 5.10 Å². The van der Waals surface area contributed by atoms with Crippen LogP contribution in [0.1, 0.15) is 35.8 Å². The molecule has 0 unspecified atom stereocenters. The Morgan fingerprint density at radius 1 is 1.16 bits per heavy atom. The van der Waals surface area contributed by atoms with Crippen molar-refractivity contribution < 1.29 is 4.74 Å². The van der Waals surface area contributed by atoms with E-state index < -0.39 is 0 Å². The van der Waals surface area contributed by atoms with E-state index >= 15 is 0 Å². The van der Waals surface area contributed by atoms with Crippen molar-refractivity contribution in [3.63, 3.8) is 0 Å². The van der Waals surface area contributed by atoms with Crippen LogP contribution in [-0.4, -0.2) is 22.8 Å². The summed E-state index contributed by atoms with van der Waals surface area (Å²) in [6.45, 7) is 1.98. The minimum atomic E-state index is 0.803. The Bertz CT molecular complexity index is 930. The molecule has 1 N–H and O–H groups in total. The molecule has 1 aliphatic rings. The number of benzene rings is 1. The van der Waals surface area contributed by atoms with Gasteiger partial charge in [-0.25, -0.2) is 9.97 Å². The van der Waals surface area contributed by atoms with Crippen molar-refractivity contribution in [3.05, 3.63) is 46.6 Å². The SMILES string of the molecule is COc1ccc(/C(C)=N\Nc2ncnc3sc4c(c23)CCCC4)cc1. The first kappa shape index (κ1) is 16.0. The molecular weight excluding hydrogens is 332 g/mol. The lowest BCUT2D eigenvalue weighted by atomic mass is 9.97. The van der Waals surface area contributed by atoms with Crippen LogP contribution in [0.2, 0.25) is 0 Å². The van der Waals surface area contributed by atoms with E-state index in [2.05, 4.69) is 20.5 Å². The third-order valence-corrected chi connectivity index (χ3v) is 5.79. The zero-order valence-electron chi connectivity index (χ0n) is 14.4. The van der Waals surface area contributed by atoms with Gasteiger partial charge in [0.15, 0.2) is 5.82 Å². The number of aromatic nitrogens is 2. The normalized spacial score (nSPS) is 14.4. The molecule has 0 amide bonds. The molecule has 5 nitrogen and oxygen atoms in total. The third kappa shape index (κ3) is 3.09. The quantitative estimate of drug-likeness (QED) is 0.558. The maximum atomic E-state index is 5.20. The highest BCUT2D eigenvalue weighted by Gasteiger charge is 2.19. The van der Waals surface area contributed by atoms with Gasteiger partial charge in [-0.3, -0.25) is 5.43 Å². The van der Waals surface area contributed by atoms with Crippen molar-refractivity contribution in [1.82, 2.24) is 9.97 Å². The summed E-state index contributed by atoms with van der Waals surface area (Å²) >= 11 is 1.80. The summed E-state index contributed by atoms with van der Waals surface area (Å²) < 4.78 is 5.20. The van der Waals surface area contributed by atoms with Crippen LogP contribution in [0.4, 0.5) is 5.82 Å². The lowest BCUT2D eigenvalue weighted by molar-refractivity contribution is 0.415. The molecule has 0 fully saturated rings. The standard InChI is InChI=1S/C19H20N4OS/c1-12(13-7-9-14(24-2)10-8-13)22-23-18-17-15-5-3-4-6-16(15)25-19(17)21-11-20-18/h7-11H,3-6H2,1-2H3,(H,20,21,23)/b22-12-. The van der Waals surface area contributed by atoms with Gasteiger partial charge in [0.1, 0.15) is 16.9 Å². The van der Waals surface area contributed by atoms with Gasteiger partial charge in [-0.15, -0.1) is 11.3 Å². The van der Waals surface area contributed by atoms with Crippen molar-refractivity contribution in [2.45, 2.75) is 32.6 Å². The number of methoxy groups -OCH3 is 1. The van der Waals surface area contributed by atoms with Gasteiger partial charge in [-0.1, -0.05) is 0 Å². The highest BCUT2D eigenvalue weighted by Crippen LogP contribution is 2.38. The van der Waals surface area contributed by atoms with E-state index in [1.807, 2.05) is 31.2 Å². The Labute approximate surface area is 150 Å². The number of anilines is 1. The molecule has 1 aromatic carbocycles. The number of nitrogens with zero attached hydrogens (tertiary/aromatic N) is 3. The molecular formula is C19H20N4OS. The molecule has 128 valence electrons. The lowest BCUT2D eigenvalue weighted by Gasteiger charge is -2.11. The molecule has 0 radical (unpaired) electrons. The van der Waals surface area contributed by atoms with Gasteiger partial charge in [0.25, 0.3) is 0 Å². The number of nitrogens with one attached hydrogen (secondary N) is 1. The second-order valence-electron chi connectivity index (χ2n) is 6.15. The first-order valence-electron chi connectivity index (χ1n) is 8.46. The second-order valence-corrected chi connectivity index (χ2v) is 7.23. The monoisotopic (exact) mass is 352 g/mol. The van der Waals surface area contributed by atoms with E-state index in [1.54, 1.807) is 24.8 Å². The second kappa shape index (κ2) is 6.80. The summed E-state index contributed by atoms with van der Waals surface area (Å²) in [6.07, 6.45) is 6.39. The predicted octanol–water partition coefficient (Wildman–Crippen LogP) is 4.41. The van der Waals surface area contributed by atoms with Crippen molar-refractivity contribution in [3.8, 4) is 5.75 Å². The number of hydrogen-bond donors (Lipinski definition) is 1. The maximum Gasteiger partial charge on any atom is 0.158 e. The van der Waals surface area contributed by atoms with Crippen LogP contribution in [0, 0.1) is 0 Å². The molecule has 0 atom stereocenters. The Balaban J connectivity index is 1.64. The average molecular weight is 352 g/mol. The van der Waals surface area contributed by atoms with Crippen LogP contribution in [-0.2, 0) is 12.8 Å². The molecule has 2 aromatic heterocycles. The number of fused-ring (bicyclic) bond motifs is 3. The van der Waals surface area contributed by atoms with E-state index in [4.69, 9.17) is 4.74 Å². The predicted molar refractivity (Wildman–Crippen MR) is 103 cm³/mol. The summed E-state index contributed by atoms with van der Waals surface area (Å²) in [5.41, 5.74) is 6.52. The summed E-state index contributed by atoms with van der Waals surface area (Å²) in [4.78, 5) is 11.4. The van der Waals surface area contributed by atoms with Crippen LogP contribution >= 0.6 is 11.3 Å². The molecule has 2 heterocycles. The van der Waals surface area contributed by atoms with Crippen molar-refractivity contribution in [2.24, 2.45) is 5.10 Å². The molecule has 3 aromatic rings. The fraction of sp³-hybridized carbons (Fsp3) is 0.316. The van der Waals surface area contributed by atoms with E-state index in [-0.39, 0.29) is 0 Å². The molecule has 6 heteroatoms. The van der Waals surface area contributed by atoms with Crippen LogP contribution in [0.5, 0.6) is 5.75 Å². The van der Waals surface area contributed by atoms with Gasteiger partial charge < -0.3 is 4.74 Å². The van der Waals surface area contributed by atoms with Crippen LogP contribution < -0.4 is 10.2 Å². The maximum absolute atomic E-state index is 5.20. The largest absolute Gasteiger partial charge is 0.497 e. The van der Waals surface area contributed by atoms with E-state index in [9.17, 15) is 0 Å². The Morgan fingerprint density at radius 3 is 2.76 bits per heavy atom. The number of hydrogen-bond acceptors (Lipinski definition) is 6. The van der Waals surface area contributed by atoms with Crippen LogP contribution in [0.25, 0.3) is 10.2 Å². The minimum absolute atomic E-state index is 0.803. The first-order valence-corrected chi connectivity index (χ1v) is 9.28. The fourth-order valence-corrected chi connectivity index (χ4v) is 4.44. The van der Waals surface area contributed by atoms with Crippen molar-refractivity contribution in [1.29, 1.82) is 0 Å². The smallest absolute Gasteiger partial charge is 0.158 e. The summed E-state index contributed by atoms with van der Waals surface area (Å²) in [5, 5.41) is 5.69. The number of thiophene rings is 1. The molecule has 0 aliphatic heterocycles. The molecule has 1 aliphatic carbocycles. The Kier molecular flexibility index (Phi) is 4.36. The number of hydrazone groups is 1. The number of ether oxygens (including phenoxy) is 1. The minimum Gasteiger partial charge on any atom is -0.497 e. The van der Waals surface area contributed by atoms with E-state index in [0.29, 0.717) is 0 Å². The highest BCUT2D eigenvalue weighted by molar-refractivity contribution is 7.19. The van der Waals surface area contributed by atoms with E-state index in [1.165, 1.54) is 23.3 Å². The zero-order chi connectivity index (χ0) is 17.2. The van der Waals surface area contributed by atoms with Gasteiger partial charge in [-0.05, 0) is 68.0 Å². The number of aryl methyl sites for hydroxylation is 2. The molecule has 0 bridgehead atoms. The lowest BCUT2D eigenvalue weighted by Crippen LogP contribution is -2.03. The summed E-state index contributed by atoms with van der Waals surface area (Å²) in [6, 6.07) is 7.88. The Morgan fingerprint density at radius 2 is 1.96 bits per heavy atom. The summed E-state index contributed by atoms with van der Waals surface area (Å²) in [5.74, 6) is 1.64. The summed E-state index contributed by atoms with van der Waals surface area (Å²) in [7, 11) is 1.67. The molecule has 0 saturated heterocycles. The average Bonchev–Trinajstić information content (AvgIpc) is 3.05. The molecule has 25 heavy (non-hydrogen) atoms. The fourth-order valence-electron chi connectivity index (χ4n) is 3.21. The molecule has 0 saturated carbocycles. The van der Waals surface area contributed by atoms with Crippen molar-refractivity contribution in [2.75, 3.05) is 12.5 Å². The van der Waals surface area contributed by atoms with Crippen molar-refractivity contribution >= 4 is 33.1 Å². The molecule has 4 rings (SSSR count). The highest BCUT2D eigenvalue weighted by atomic mass is 32.1. The van der Waals surface area contributed by atoms with Gasteiger partial charge in [0.2, 0.25) is 0 Å². The van der Waals surface area contributed by atoms with Gasteiger partial charge in [0, 0.05) is 4.88 Å².